The number of anilines is 1. The first-order valence-corrected chi connectivity index (χ1v) is 7.90. The van der Waals surface area contributed by atoms with Crippen LogP contribution in [0, 0.1) is 12.7 Å². The van der Waals surface area contributed by atoms with Crippen molar-refractivity contribution in [3.63, 3.8) is 0 Å². The zero-order chi connectivity index (χ0) is 14.2. The lowest BCUT2D eigenvalue weighted by Crippen LogP contribution is -2.45. The number of thioether (sulfide) groups is 1. The van der Waals surface area contributed by atoms with Gasteiger partial charge in [-0.15, -0.1) is 0 Å². The van der Waals surface area contributed by atoms with E-state index in [4.69, 9.17) is 5.73 Å². The minimum Gasteiger partial charge on any atom is -0.367 e. The first-order chi connectivity index (χ1) is 8.91. The molecule has 2 nitrogen and oxygen atoms in total. The second-order valence-corrected chi connectivity index (χ2v) is 6.94. The molecule has 4 heteroatoms. The van der Waals surface area contributed by atoms with Crippen molar-refractivity contribution in [1.82, 2.24) is 0 Å². The summed E-state index contributed by atoms with van der Waals surface area (Å²) in [5.41, 5.74) is 8.73. The van der Waals surface area contributed by atoms with Crippen LogP contribution in [0.25, 0.3) is 0 Å². The van der Waals surface area contributed by atoms with Gasteiger partial charge in [-0.3, -0.25) is 0 Å². The summed E-state index contributed by atoms with van der Waals surface area (Å²) >= 11 is 2.00. The Balaban J connectivity index is 2.45. The highest BCUT2D eigenvalue weighted by molar-refractivity contribution is 8.00. The van der Waals surface area contributed by atoms with Crippen molar-refractivity contribution in [1.29, 1.82) is 0 Å². The van der Waals surface area contributed by atoms with E-state index in [2.05, 4.69) is 18.7 Å². The summed E-state index contributed by atoms with van der Waals surface area (Å²) in [6, 6.07) is 3.85. The van der Waals surface area contributed by atoms with E-state index < -0.39 is 0 Å². The van der Waals surface area contributed by atoms with Crippen LogP contribution in [0.4, 0.5) is 10.1 Å². The van der Waals surface area contributed by atoms with Crippen LogP contribution in [0.3, 0.4) is 0 Å². The maximum atomic E-state index is 13.8. The van der Waals surface area contributed by atoms with E-state index in [1.54, 1.807) is 6.07 Å². The number of halogens is 1. The quantitative estimate of drug-likeness (QED) is 0.900. The van der Waals surface area contributed by atoms with Crippen LogP contribution < -0.4 is 10.6 Å². The maximum absolute atomic E-state index is 13.8. The van der Waals surface area contributed by atoms with Crippen molar-refractivity contribution in [2.24, 2.45) is 5.73 Å². The summed E-state index contributed by atoms with van der Waals surface area (Å²) in [6.45, 7) is 9.22. The lowest BCUT2D eigenvalue weighted by Gasteiger charge is -2.40. The number of hydrogen-bond donors (Lipinski definition) is 1. The summed E-state index contributed by atoms with van der Waals surface area (Å²) in [6.07, 6.45) is 0. The van der Waals surface area contributed by atoms with Crippen molar-refractivity contribution in [3.05, 3.63) is 29.1 Å². The normalized spacial score (nSPS) is 25.5. The molecular formula is C15H23FN2S. The lowest BCUT2D eigenvalue weighted by atomic mass is 10.0. The van der Waals surface area contributed by atoms with E-state index >= 15 is 0 Å². The minimum atomic E-state index is -0.164. The molecule has 0 bridgehead atoms. The van der Waals surface area contributed by atoms with Crippen molar-refractivity contribution in [3.8, 4) is 0 Å². The van der Waals surface area contributed by atoms with E-state index in [1.807, 2.05) is 31.7 Å². The molecule has 0 spiro atoms. The fourth-order valence-corrected chi connectivity index (χ4v) is 3.67. The number of nitrogens with two attached hydrogens (primary N) is 1. The molecule has 2 rings (SSSR count). The molecule has 1 saturated heterocycles. The Morgan fingerprint density at radius 2 is 2.11 bits per heavy atom. The van der Waals surface area contributed by atoms with Gasteiger partial charge in [0.25, 0.3) is 0 Å². The molecule has 0 amide bonds. The van der Waals surface area contributed by atoms with Gasteiger partial charge in [0.15, 0.2) is 0 Å². The van der Waals surface area contributed by atoms with Crippen LogP contribution >= 0.6 is 11.8 Å². The third-order valence-corrected chi connectivity index (χ3v) is 5.33. The zero-order valence-electron chi connectivity index (χ0n) is 12.1. The Kier molecular flexibility index (Phi) is 4.41. The van der Waals surface area contributed by atoms with E-state index in [9.17, 15) is 4.39 Å². The molecule has 0 aromatic heterocycles. The highest BCUT2D eigenvalue weighted by Gasteiger charge is 2.27. The second-order valence-electron chi connectivity index (χ2n) is 5.46. The number of rotatable bonds is 2. The Morgan fingerprint density at radius 1 is 1.42 bits per heavy atom. The van der Waals surface area contributed by atoms with Gasteiger partial charge in [0, 0.05) is 35.3 Å². The molecule has 1 aromatic rings. The third kappa shape index (κ3) is 2.90. The molecule has 19 heavy (non-hydrogen) atoms. The molecule has 0 aliphatic carbocycles. The second kappa shape index (κ2) is 5.71. The molecular weight excluding hydrogens is 259 g/mol. The summed E-state index contributed by atoms with van der Waals surface area (Å²) in [7, 11) is 0. The first-order valence-electron chi connectivity index (χ1n) is 6.85. The van der Waals surface area contributed by atoms with Crippen LogP contribution in [-0.4, -0.2) is 23.6 Å². The number of nitrogens with zero attached hydrogens (tertiary/aromatic N) is 1. The van der Waals surface area contributed by atoms with E-state index in [0.717, 1.165) is 23.5 Å². The van der Waals surface area contributed by atoms with Crippen molar-refractivity contribution < 1.29 is 4.39 Å². The van der Waals surface area contributed by atoms with Gasteiger partial charge in [-0.25, -0.2) is 4.39 Å². The Bertz CT molecular complexity index is 462. The van der Waals surface area contributed by atoms with Crippen LogP contribution in [-0.2, 0) is 0 Å². The standard InChI is InChI=1S/C15H23FN2S/c1-9-7-15(13(10(2)17)8-14(9)16)18-5-6-19-12(4)11(18)3/h7-8,10-12H,5-6,17H2,1-4H3/t10-,11?,12?/m1/s1. The Morgan fingerprint density at radius 3 is 2.74 bits per heavy atom. The average molecular weight is 282 g/mol. The minimum absolute atomic E-state index is 0.151. The molecule has 1 aliphatic rings. The van der Waals surface area contributed by atoms with Gasteiger partial charge in [-0.05, 0) is 44.0 Å². The van der Waals surface area contributed by atoms with Crippen LogP contribution in [0.2, 0.25) is 0 Å². The topological polar surface area (TPSA) is 29.3 Å². The summed E-state index contributed by atoms with van der Waals surface area (Å²) in [5.74, 6) is 0.948. The predicted octanol–water partition coefficient (Wildman–Crippen LogP) is 3.48. The zero-order valence-corrected chi connectivity index (χ0v) is 12.9. The third-order valence-electron chi connectivity index (χ3n) is 3.99. The number of benzene rings is 1. The summed E-state index contributed by atoms with van der Waals surface area (Å²) < 4.78 is 13.8. The SMILES string of the molecule is Cc1cc(N2CCSC(C)C2C)c([C@@H](C)N)cc1F. The molecule has 1 aromatic carbocycles. The summed E-state index contributed by atoms with van der Waals surface area (Å²) in [4.78, 5) is 2.38. The molecule has 0 radical (unpaired) electrons. The largest absolute Gasteiger partial charge is 0.367 e. The van der Waals surface area contributed by atoms with Gasteiger partial charge in [0.05, 0.1) is 0 Å². The van der Waals surface area contributed by atoms with Crippen molar-refractivity contribution >= 4 is 17.4 Å². The van der Waals surface area contributed by atoms with Crippen molar-refractivity contribution in [2.45, 2.75) is 45.0 Å². The van der Waals surface area contributed by atoms with Crippen LogP contribution in [0.5, 0.6) is 0 Å². The predicted molar refractivity (Wildman–Crippen MR) is 82.5 cm³/mol. The Labute approximate surface area is 119 Å². The van der Waals surface area contributed by atoms with Gasteiger partial charge in [0.2, 0.25) is 0 Å². The van der Waals surface area contributed by atoms with Crippen LogP contribution in [0.15, 0.2) is 12.1 Å². The number of hydrogen-bond acceptors (Lipinski definition) is 3. The van der Waals surface area contributed by atoms with E-state index in [-0.39, 0.29) is 11.9 Å². The van der Waals surface area contributed by atoms with Crippen LogP contribution in [0.1, 0.15) is 37.9 Å². The smallest absolute Gasteiger partial charge is 0.126 e. The average Bonchev–Trinajstić information content (AvgIpc) is 2.35. The molecule has 2 N–H and O–H groups in total. The van der Waals surface area contributed by atoms with E-state index in [0.29, 0.717) is 16.9 Å². The van der Waals surface area contributed by atoms with Gasteiger partial charge in [0.1, 0.15) is 5.82 Å². The molecule has 2 unspecified atom stereocenters. The highest BCUT2D eigenvalue weighted by Crippen LogP contribution is 2.34. The monoisotopic (exact) mass is 282 g/mol. The molecule has 1 fully saturated rings. The molecule has 1 aliphatic heterocycles. The molecule has 106 valence electrons. The maximum Gasteiger partial charge on any atom is 0.126 e. The Hall–Kier alpha value is -0.740. The van der Waals surface area contributed by atoms with Gasteiger partial charge in [-0.1, -0.05) is 6.92 Å². The van der Waals surface area contributed by atoms with Crippen molar-refractivity contribution in [2.75, 3.05) is 17.2 Å². The highest BCUT2D eigenvalue weighted by atomic mass is 32.2. The van der Waals surface area contributed by atoms with E-state index in [1.165, 1.54) is 0 Å². The fraction of sp³-hybridized carbons (Fsp3) is 0.600. The first kappa shape index (κ1) is 14.7. The molecule has 3 atom stereocenters. The summed E-state index contributed by atoms with van der Waals surface area (Å²) in [5, 5.41) is 0.583. The lowest BCUT2D eigenvalue weighted by molar-refractivity contribution is 0.601. The fourth-order valence-electron chi connectivity index (χ4n) is 2.57. The molecule has 0 saturated carbocycles. The van der Waals surface area contributed by atoms with Gasteiger partial charge < -0.3 is 10.6 Å². The van der Waals surface area contributed by atoms with Gasteiger partial charge >= 0.3 is 0 Å². The number of aryl methyl sites for hydroxylation is 1. The van der Waals surface area contributed by atoms with Gasteiger partial charge in [-0.2, -0.15) is 11.8 Å². The molecule has 1 heterocycles.